The van der Waals surface area contributed by atoms with Crippen molar-refractivity contribution >= 4 is 5.70 Å². The number of nitrogens with one attached hydrogen (secondary N) is 2. The summed E-state index contributed by atoms with van der Waals surface area (Å²) in [5.41, 5.74) is 10.8. The van der Waals surface area contributed by atoms with E-state index in [1.165, 1.54) is 114 Å². The SMILES string of the molecule is C1=C(c2ccc(CN3CCN4CCCCC4C3)cc2)NNN1C1CCCCCCCC1. The van der Waals surface area contributed by atoms with E-state index in [9.17, 15) is 0 Å². The van der Waals surface area contributed by atoms with Gasteiger partial charge in [-0.1, -0.05) is 69.2 Å². The molecule has 1 atom stereocenters. The number of hydrogen-bond acceptors (Lipinski definition) is 5. The molecule has 0 amide bonds. The van der Waals surface area contributed by atoms with Crippen molar-refractivity contribution in [1.82, 2.24) is 25.8 Å². The van der Waals surface area contributed by atoms with E-state index in [1.54, 1.807) is 0 Å². The largest absolute Gasteiger partial charge is 0.302 e. The second-order valence-electron chi connectivity index (χ2n) is 10.2. The standard InChI is InChI=1S/C26H41N5/c1-2-4-6-10-24(9-5-3-1)31-21-26(27-28-31)23-14-12-22(13-15-23)19-29-17-18-30-16-8-7-11-25(30)20-29/h12-15,21,24-25,27-28H,1-11,16-20H2. The van der Waals surface area contributed by atoms with E-state index in [2.05, 4.69) is 56.2 Å². The summed E-state index contributed by atoms with van der Waals surface area (Å²) >= 11 is 0. The van der Waals surface area contributed by atoms with E-state index in [0.717, 1.165) is 12.6 Å². The number of rotatable bonds is 4. The third kappa shape index (κ3) is 5.44. The number of nitrogens with zero attached hydrogens (tertiary/aromatic N) is 3. The van der Waals surface area contributed by atoms with Crippen LogP contribution >= 0.6 is 0 Å². The second kappa shape index (κ2) is 10.4. The molecular formula is C26H41N5. The predicted molar refractivity (Wildman–Crippen MR) is 128 cm³/mol. The summed E-state index contributed by atoms with van der Waals surface area (Å²) in [4.78, 5) is 5.38. The van der Waals surface area contributed by atoms with E-state index in [-0.39, 0.29) is 0 Å². The van der Waals surface area contributed by atoms with Crippen molar-refractivity contribution in [2.45, 2.75) is 89.3 Å². The summed E-state index contributed by atoms with van der Waals surface area (Å²) in [6, 6.07) is 10.6. The average molecular weight is 424 g/mol. The summed E-state index contributed by atoms with van der Waals surface area (Å²) in [7, 11) is 0. The normalized spacial score (nSPS) is 27.0. The first-order valence-electron chi connectivity index (χ1n) is 12.9. The molecule has 3 aliphatic heterocycles. The Bertz CT molecular complexity index is 720. The molecule has 3 fully saturated rings. The molecule has 1 aromatic rings. The quantitative estimate of drug-likeness (QED) is 0.746. The number of piperazine rings is 1. The zero-order chi connectivity index (χ0) is 20.9. The monoisotopic (exact) mass is 423 g/mol. The Morgan fingerprint density at radius 2 is 1.45 bits per heavy atom. The molecule has 5 rings (SSSR count). The van der Waals surface area contributed by atoms with Crippen molar-refractivity contribution in [2.24, 2.45) is 0 Å². The topological polar surface area (TPSA) is 33.8 Å². The predicted octanol–water partition coefficient (Wildman–Crippen LogP) is 4.48. The van der Waals surface area contributed by atoms with Gasteiger partial charge in [0.25, 0.3) is 0 Å². The highest BCUT2D eigenvalue weighted by Gasteiger charge is 2.28. The minimum absolute atomic E-state index is 0.612. The van der Waals surface area contributed by atoms with Crippen molar-refractivity contribution in [1.29, 1.82) is 0 Å². The van der Waals surface area contributed by atoms with Crippen LogP contribution in [0.3, 0.4) is 0 Å². The molecule has 2 saturated heterocycles. The lowest BCUT2D eigenvalue weighted by atomic mass is 9.99. The van der Waals surface area contributed by atoms with Gasteiger partial charge in [0.2, 0.25) is 0 Å². The maximum Gasteiger partial charge on any atom is 0.0751 e. The molecule has 1 unspecified atom stereocenters. The summed E-state index contributed by atoms with van der Waals surface area (Å²) < 4.78 is 0. The Balaban J connectivity index is 1.16. The van der Waals surface area contributed by atoms with E-state index < -0.39 is 0 Å². The van der Waals surface area contributed by atoms with E-state index in [0.29, 0.717) is 6.04 Å². The van der Waals surface area contributed by atoms with Gasteiger partial charge in [-0.3, -0.25) is 14.8 Å². The summed E-state index contributed by atoms with van der Waals surface area (Å²) in [5.74, 6) is 0. The average Bonchev–Trinajstić information content (AvgIpc) is 3.33. The Labute approximate surface area is 188 Å². The van der Waals surface area contributed by atoms with Gasteiger partial charge in [-0.25, -0.2) is 0 Å². The van der Waals surface area contributed by atoms with Gasteiger partial charge in [0.1, 0.15) is 0 Å². The van der Waals surface area contributed by atoms with Crippen molar-refractivity contribution in [3.05, 3.63) is 41.6 Å². The lowest BCUT2D eigenvalue weighted by Gasteiger charge is -2.44. The Morgan fingerprint density at radius 1 is 0.742 bits per heavy atom. The molecule has 1 aliphatic carbocycles. The molecule has 3 heterocycles. The zero-order valence-corrected chi connectivity index (χ0v) is 19.2. The molecule has 2 N–H and O–H groups in total. The molecule has 0 bridgehead atoms. The third-order valence-electron chi connectivity index (χ3n) is 7.90. The first-order chi connectivity index (χ1) is 15.3. The molecule has 0 radical (unpaired) electrons. The maximum absolute atomic E-state index is 3.43. The molecular weight excluding hydrogens is 382 g/mol. The van der Waals surface area contributed by atoms with Gasteiger partial charge in [0.15, 0.2) is 0 Å². The Morgan fingerprint density at radius 3 is 2.26 bits per heavy atom. The summed E-state index contributed by atoms with van der Waals surface area (Å²) in [6.45, 7) is 6.12. The summed E-state index contributed by atoms with van der Waals surface area (Å²) in [6.07, 6.45) is 17.4. The summed E-state index contributed by atoms with van der Waals surface area (Å²) in [5, 5.41) is 2.33. The van der Waals surface area contributed by atoms with Crippen LogP contribution in [0.1, 0.15) is 81.8 Å². The smallest absolute Gasteiger partial charge is 0.0751 e. The Kier molecular flexibility index (Phi) is 7.12. The minimum Gasteiger partial charge on any atom is -0.302 e. The van der Waals surface area contributed by atoms with Crippen molar-refractivity contribution in [2.75, 3.05) is 26.2 Å². The van der Waals surface area contributed by atoms with E-state index in [1.807, 2.05) is 0 Å². The van der Waals surface area contributed by atoms with Crippen molar-refractivity contribution in [3.63, 3.8) is 0 Å². The third-order valence-corrected chi connectivity index (χ3v) is 7.90. The van der Waals surface area contributed by atoms with Crippen LogP contribution in [-0.2, 0) is 6.54 Å². The molecule has 0 aromatic heterocycles. The minimum atomic E-state index is 0.612. The van der Waals surface area contributed by atoms with E-state index in [4.69, 9.17) is 0 Å². The molecule has 1 saturated carbocycles. The van der Waals surface area contributed by atoms with Crippen LogP contribution < -0.4 is 11.0 Å². The lowest BCUT2D eigenvalue weighted by molar-refractivity contribution is 0.0457. The highest BCUT2D eigenvalue weighted by Crippen LogP contribution is 2.25. The fourth-order valence-corrected chi connectivity index (χ4v) is 5.97. The van der Waals surface area contributed by atoms with Gasteiger partial charge in [-0.15, -0.1) is 5.53 Å². The highest BCUT2D eigenvalue weighted by molar-refractivity contribution is 5.64. The Hall–Kier alpha value is -1.56. The fourth-order valence-electron chi connectivity index (χ4n) is 5.97. The van der Waals surface area contributed by atoms with E-state index >= 15 is 0 Å². The van der Waals surface area contributed by atoms with Crippen LogP contribution in [0.5, 0.6) is 0 Å². The van der Waals surface area contributed by atoms with Crippen LogP contribution in [-0.4, -0.2) is 53.1 Å². The number of fused-ring (bicyclic) bond motifs is 1. The first kappa shape index (κ1) is 21.3. The first-order valence-corrected chi connectivity index (χ1v) is 12.9. The fraction of sp³-hybridized carbons (Fsp3) is 0.692. The van der Waals surface area contributed by atoms with Crippen molar-refractivity contribution in [3.8, 4) is 0 Å². The van der Waals surface area contributed by atoms with Crippen molar-refractivity contribution < 1.29 is 0 Å². The number of benzene rings is 1. The van der Waals surface area contributed by atoms with Gasteiger partial charge < -0.3 is 5.43 Å². The number of hydrazine groups is 2. The maximum atomic E-state index is 3.43. The molecule has 4 aliphatic rings. The van der Waals surface area contributed by atoms with Crippen LogP contribution in [0.15, 0.2) is 30.5 Å². The van der Waals surface area contributed by atoms with Crippen LogP contribution in [0.25, 0.3) is 5.70 Å². The van der Waals surface area contributed by atoms with Gasteiger partial charge >= 0.3 is 0 Å². The van der Waals surface area contributed by atoms with Gasteiger partial charge in [-0.05, 0) is 37.8 Å². The molecule has 0 spiro atoms. The van der Waals surface area contributed by atoms with Crippen LogP contribution in [0.4, 0.5) is 0 Å². The number of hydrogen-bond donors (Lipinski definition) is 2. The highest BCUT2D eigenvalue weighted by atomic mass is 15.7. The molecule has 170 valence electrons. The number of piperidine rings is 1. The lowest BCUT2D eigenvalue weighted by Crippen LogP contribution is -2.54. The molecule has 5 nitrogen and oxygen atoms in total. The van der Waals surface area contributed by atoms with Gasteiger partial charge in [-0.2, -0.15) is 0 Å². The van der Waals surface area contributed by atoms with Crippen LogP contribution in [0.2, 0.25) is 0 Å². The zero-order valence-electron chi connectivity index (χ0n) is 19.2. The van der Waals surface area contributed by atoms with Gasteiger partial charge in [0.05, 0.1) is 5.70 Å². The molecule has 5 heteroatoms. The van der Waals surface area contributed by atoms with Gasteiger partial charge in [0, 0.05) is 50.0 Å². The second-order valence-corrected chi connectivity index (χ2v) is 10.2. The molecule has 31 heavy (non-hydrogen) atoms. The molecule has 1 aromatic carbocycles. The van der Waals surface area contributed by atoms with Crippen LogP contribution in [0, 0.1) is 0 Å².